The first-order chi connectivity index (χ1) is 14.9. The van der Waals surface area contributed by atoms with Gasteiger partial charge in [0.25, 0.3) is 0 Å². The fourth-order valence-electron chi connectivity index (χ4n) is 3.70. The minimum absolute atomic E-state index is 0.128. The maximum atomic E-state index is 14.6. The molecular formula is C23H22FN5O2. The van der Waals surface area contributed by atoms with Crippen molar-refractivity contribution < 1.29 is 9.13 Å². The molecule has 1 aromatic carbocycles. The van der Waals surface area contributed by atoms with Crippen LogP contribution in [0, 0.1) is 5.82 Å². The van der Waals surface area contributed by atoms with Gasteiger partial charge in [-0.1, -0.05) is 12.7 Å². The number of benzene rings is 1. The molecule has 0 aliphatic rings. The number of fused-ring (bicyclic) bond motifs is 3. The van der Waals surface area contributed by atoms with Gasteiger partial charge in [-0.15, -0.1) is 0 Å². The first-order valence-corrected chi connectivity index (χ1v) is 9.56. The van der Waals surface area contributed by atoms with E-state index >= 15 is 0 Å². The molecule has 3 heterocycles. The predicted octanol–water partition coefficient (Wildman–Crippen LogP) is 3.51. The van der Waals surface area contributed by atoms with Crippen LogP contribution in [0.3, 0.4) is 0 Å². The number of methoxy groups -OCH3 is 1. The van der Waals surface area contributed by atoms with Crippen LogP contribution in [0.25, 0.3) is 33.2 Å². The Morgan fingerprint density at radius 1 is 1.29 bits per heavy atom. The third kappa shape index (κ3) is 3.26. The number of aryl methyl sites for hydroxylation is 1. The SMILES string of the molecule is C=C/C(=C\N(C)C)c1cc2c(cc1OC)ncc1c2n(-c2ccncc2F)c(=O)n1C. The second-order valence-corrected chi connectivity index (χ2v) is 7.32. The molecule has 4 aromatic rings. The molecule has 4 rings (SSSR count). The Bertz CT molecular complexity index is 1420. The lowest BCUT2D eigenvalue weighted by Gasteiger charge is -2.14. The van der Waals surface area contributed by atoms with Crippen LogP contribution in [-0.4, -0.2) is 45.2 Å². The molecule has 0 amide bonds. The van der Waals surface area contributed by atoms with Gasteiger partial charge in [-0.05, 0) is 12.1 Å². The molecule has 0 aliphatic carbocycles. The largest absolute Gasteiger partial charge is 0.496 e. The summed E-state index contributed by atoms with van der Waals surface area (Å²) in [7, 11) is 7.05. The number of hydrogen-bond donors (Lipinski definition) is 0. The van der Waals surface area contributed by atoms with Crippen molar-refractivity contribution in [3.8, 4) is 11.4 Å². The van der Waals surface area contributed by atoms with E-state index in [1.165, 1.54) is 21.4 Å². The average molecular weight is 419 g/mol. The van der Waals surface area contributed by atoms with Crippen LogP contribution in [0.15, 0.2) is 60.4 Å². The number of aromatic nitrogens is 4. The summed E-state index contributed by atoms with van der Waals surface area (Å²) in [5.41, 5.74) is 3.13. The maximum absolute atomic E-state index is 14.6. The van der Waals surface area contributed by atoms with E-state index in [2.05, 4.69) is 16.5 Å². The Morgan fingerprint density at radius 3 is 2.71 bits per heavy atom. The summed E-state index contributed by atoms with van der Waals surface area (Å²) in [6.45, 7) is 3.92. The van der Waals surface area contributed by atoms with Crippen LogP contribution < -0.4 is 10.4 Å². The Balaban J connectivity index is 2.18. The minimum Gasteiger partial charge on any atom is -0.496 e. The van der Waals surface area contributed by atoms with E-state index in [0.29, 0.717) is 27.7 Å². The first-order valence-electron chi connectivity index (χ1n) is 9.56. The van der Waals surface area contributed by atoms with Crippen molar-refractivity contribution >= 4 is 27.5 Å². The number of hydrogen-bond acceptors (Lipinski definition) is 5. The van der Waals surface area contributed by atoms with Gasteiger partial charge in [0, 0.05) is 56.1 Å². The van der Waals surface area contributed by atoms with Crippen LogP contribution in [0.4, 0.5) is 4.39 Å². The summed E-state index contributed by atoms with van der Waals surface area (Å²) in [6.07, 6.45) is 7.81. The van der Waals surface area contributed by atoms with E-state index in [4.69, 9.17) is 4.74 Å². The van der Waals surface area contributed by atoms with E-state index in [1.54, 1.807) is 26.4 Å². The van der Waals surface area contributed by atoms with E-state index in [1.807, 2.05) is 37.3 Å². The zero-order valence-corrected chi connectivity index (χ0v) is 17.8. The summed E-state index contributed by atoms with van der Waals surface area (Å²) in [6, 6.07) is 5.19. The summed E-state index contributed by atoms with van der Waals surface area (Å²) < 4.78 is 23.0. The maximum Gasteiger partial charge on any atom is 0.333 e. The van der Waals surface area contributed by atoms with E-state index < -0.39 is 5.82 Å². The molecule has 0 N–H and O–H groups in total. The second-order valence-electron chi connectivity index (χ2n) is 7.32. The Labute approximate surface area is 178 Å². The molecule has 0 saturated heterocycles. The van der Waals surface area contributed by atoms with Crippen LogP contribution >= 0.6 is 0 Å². The summed E-state index contributed by atoms with van der Waals surface area (Å²) in [5, 5.41) is 0.689. The molecule has 0 aliphatic heterocycles. The van der Waals surface area contributed by atoms with Crippen molar-refractivity contribution in [3.63, 3.8) is 0 Å². The summed E-state index contributed by atoms with van der Waals surface area (Å²) in [4.78, 5) is 23.3. The molecule has 0 spiro atoms. The number of imidazole rings is 1. The highest BCUT2D eigenvalue weighted by Crippen LogP contribution is 2.34. The fourth-order valence-corrected chi connectivity index (χ4v) is 3.70. The quantitative estimate of drug-likeness (QED) is 0.463. The normalized spacial score (nSPS) is 11.8. The second kappa shape index (κ2) is 7.71. The topological polar surface area (TPSA) is 65.2 Å². The molecule has 0 atom stereocenters. The molecule has 0 radical (unpaired) electrons. The van der Waals surface area contributed by atoms with Gasteiger partial charge in [0.15, 0.2) is 5.82 Å². The molecule has 7 nitrogen and oxygen atoms in total. The highest BCUT2D eigenvalue weighted by molar-refractivity contribution is 6.05. The lowest BCUT2D eigenvalue weighted by Crippen LogP contribution is -2.21. The number of rotatable bonds is 5. The standard InChI is InChI=1S/C23H22FN5O2/c1-6-14(13-27(2)3)15-9-16-18(10-21(15)31-5)26-12-20-22(16)29(23(30)28(20)4)19-7-8-25-11-17(19)24/h6-13H,1H2,2-5H3/b14-13+. The van der Waals surface area contributed by atoms with Crippen LogP contribution in [-0.2, 0) is 7.05 Å². The number of allylic oxidation sites excluding steroid dienone is 2. The van der Waals surface area contributed by atoms with Crippen molar-refractivity contribution in [1.82, 2.24) is 24.0 Å². The number of pyridine rings is 2. The van der Waals surface area contributed by atoms with Gasteiger partial charge in [0.05, 0.1) is 41.7 Å². The van der Waals surface area contributed by atoms with Gasteiger partial charge in [-0.25, -0.2) is 9.18 Å². The molecule has 0 saturated carbocycles. The lowest BCUT2D eigenvalue weighted by atomic mass is 10.0. The molecule has 0 fully saturated rings. The molecule has 158 valence electrons. The van der Waals surface area contributed by atoms with Crippen LogP contribution in [0.5, 0.6) is 5.75 Å². The van der Waals surface area contributed by atoms with Gasteiger partial charge >= 0.3 is 5.69 Å². The third-order valence-electron chi connectivity index (χ3n) is 5.12. The van der Waals surface area contributed by atoms with Crippen molar-refractivity contribution in [2.75, 3.05) is 21.2 Å². The monoisotopic (exact) mass is 419 g/mol. The number of ether oxygens (including phenoxy) is 1. The highest BCUT2D eigenvalue weighted by Gasteiger charge is 2.20. The Kier molecular flexibility index (Phi) is 5.06. The summed E-state index contributed by atoms with van der Waals surface area (Å²) in [5.74, 6) is 0.0300. The predicted molar refractivity (Wildman–Crippen MR) is 120 cm³/mol. The zero-order valence-electron chi connectivity index (χ0n) is 17.8. The van der Waals surface area contributed by atoms with Crippen molar-refractivity contribution in [2.45, 2.75) is 0 Å². The van der Waals surface area contributed by atoms with Gasteiger partial charge in [-0.2, -0.15) is 0 Å². The minimum atomic E-state index is -0.588. The van der Waals surface area contributed by atoms with Crippen molar-refractivity contribution in [2.24, 2.45) is 7.05 Å². The average Bonchev–Trinajstić information content (AvgIpc) is 3.02. The molecule has 0 unspecified atom stereocenters. The van der Waals surface area contributed by atoms with E-state index in [-0.39, 0.29) is 11.4 Å². The summed E-state index contributed by atoms with van der Waals surface area (Å²) >= 11 is 0. The molecule has 8 heteroatoms. The van der Waals surface area contributed by atoms with Gasteiger partial charge < -0.3 is 9.64 Å². The van der Waals surface area contributed by atoms with Crippen molar-refractivity contribution in [3.05, 3.63) is 77.5 Å². The van der Waals surface area contributed by atoms with Gasteiger partial charge in [0.2, 0.25) is 0 Å². The molecule has 0 bridgehead atoms. The van der Waals surface area contributed by atoms with Crippen LogP contribution in [0.2, 0.25) is 0 Å². The molecule has 31 heavy (non-hydrogen) atoms. The first kappa shape index (κ1) is 20.3. The number of nitrogens with zero attached hydrogens (tertiary/aromatic N) is 5. The fraction of sp³-hybridized carbons (Fsp3) is 0.174. The number of halogens is 1. The highest BCUT2D eigenvalue weighted by atomic mass is 19.1. The Hall–Kier alpha value is -3.94. The zero-order chi connectivity index (χ0) is 22.3. The van der Waals surface area contributed by atoms with Crippen molar-refractivity contribution in [1.29, 1.82) is 0 Å². The van der Waals surface area contributed by atoms with Gasteiger partial charge in [-0.3, -0.25) is 19.1 Å². The lowest BCUT2D eigenvalue weighted by molar-refractivity contribution is 0.414. The van der Waals surface area contributed by atoms with E-state index in [9.17, 15) is 9.18 Å². The molecular weight excluding hydrogens is 397 g/mol. The smallest absolute Gasteiger partial charge is 0.333 e. The van der Waals surface area contributed by atoms with E-state index in [0.717, 1.165) is 17.3 Å². The third-order valence-corrected chi connectivity index (χ3v) is 5.12. The molecule has 3 aromatic heterocycles. The van der Waals surface area contributed by atoms with Gasteiger partial charge in [0.1, 0.15) is 5.75 Å². The van der Waals surface area contributed by atoms with Crippen LogP contribution in [0.1, 0.15) is 5.56 Å². The Morgan fingerprint density at radius 2 is 2.06 bits per heavy atom.